The molecule has 0 heterocycles. The number of carbonyl (C=O) groups excluding carboxylic acids is 1. The van der Waals surface area contributed by atoms with Crippen molar-refractivity contribution in [2.24, 2.45) is 0 Å². The third-order valence-electron chi connectivity index (χ3n) is 3.21. The zero-order valence-electron chi connectivity index (χ0n) is 13.1. The summed E-state index contributed by atoms with van der Waals surface area (Å²) in [7, 11) is -3.99. The summed E-state index contributed by atoms with van der Waals surface area (Å²) in [6.07, 6.45) is 0. The fraction of sp³-hybridized carbons (Fsp3) is 0.133. The second-order valence-corrected chi connectivity index (χ2v) is 7.24. The molecule has 0 aliphatic rings. The zero-order chi connectivity index (χ0) is 19.3. The van der Waals surface area contributed by atoms with Crippen molar-refractivity contribution in [2.75, 3.05) is 13.1 Å². The fourth-order valence-corrected chi connectivity index (χ4v) is 3.22. The van der Waals surface area contributed by atoms with Gasteiger partial charge in [-0.05, 0) is 24.3 Å². The molecule has 2 aromatic carbocycles. The van der Waals surface area contributed by atoms with Gasteiger partial charge in [0, 0.05) is 30.2 Å². The first kappa shape index (κ1) is 19.8. The van der Waals surface area contributed by atoms with Crippen molar-refractivity contribution in [2.45, 2.75) is 4.90 Å². The van der Waals surface area contributed by atoms with Gasteiger partial charge in [0.05, 0.1) is 15.4 Å². The van der Waals surface area contributed by atoms with Gasteiger partial charge in [0.15, 0.2) is 0 Å². The molecule has 0 aliphatic carbocycles. The van der Waals surface area contributed by atoms with E-state index in [1.165, 1.54) is 24.3 Å². The number of sulfonamides is 1. The summed E-state index contributed by atoms with van der Waals surface area (Å²) in [4.78, 5) is 21.6. The first-order valence-corrected chi connectivity index (χ1v) is 9.04. The first-order valence-electron chi connectivity index (χ1n) is 7.18. The van der Waals surface area contributed by atoms with Crippen molar-refractivity contribution in [3.05, 3.63) is 69.0 Å². The molecule has 2 N–H and O–H groups in total. The third-order valence-corrected chi connectivity index (χ3v) is 4.91. The molecule has 2 rings (SSSR count). The smallest absolute Gasteiger partial charge is 0.270 e. The quantitative estimate of drug-likeness (QED) is 0.418. The van der Waals surface area contributed by atoms with Gasteiger partial charge in [-0.3, -0.25) is 14.9 Å². The molecule has 0 spiro atoms. The minimum atomic E-state index is -3.99. The van der Waals surface area contributed by atoms with Crippen molar-refractivity contribution in [3.8, 4) is 0 Å². The number of hydrogen-bond acceptors (Lipinski definition) is 5. The molecule has 0 bridgehead atoms. The van der Waals surface area contributed by atoms with Crippen LogP contribution in [0.25, 0.3) is 0 Å². The zero-order valence-corrected chi connectivity index (χ0v) is 14.7. The largest absolute Gasteiger partial charge is 0.351 e. The number of halogens is 2. The van der Waals surface area contributed by atoms with Crippen LogP contribution >= 0.6 is 11.6 Å². The number of carbonyl (C=O) groups is 1. The molecule has 0 saturated carbocycles. The van der Waals surface area contributed by atoms with Gasteiger partial charge in [-0.25, -0.2) is 17.5 Å². The average molecular weight is 402 g/mol. The Hall–Kier alpha value is -2.56. The molecule has 8 nitrogen and oxygen atoms in total. The van der Waals surface area contributed by atoms with Crippen LogP contribution in [0.3, 0.4) is 0 Å². The van der Waals surface area contributed by atoms with Gasteiger partial charge in [-0.15, -0.1) is 0 Å². The molecule has 0 saturated heterocycles. The second kappa shape index (κ2) is 8.21. The minimum absolute atomic E-state index is 0.126. The normalized spacial score (nSPS) is 11.2. The number of non-ortho nitro benzene ring substituents is 1. The summed E-state index contributed by atoms with van der Waals surface area (Å²) >= 11 is 5.70. The Morgan fingerprint density at radius 2 is 1.92 bits per heavy atom. The molecule has 138 valence electrons. The van der Waals surface area contributed by atoms with E-state index < -0.39 is 26.7 Å². The van der Waals surface area contributed by atoms with Gasteiger partial charge in [-0.2, -0.15) is 0 Å². The molecule has 2 aromatic rings. The summed E-state index contributed by atoms with van der Waals surface area (Å²) in [6, 6.07) is 8.02. The van der Waals surface area contributed by atoms with E-state index >= 15 is 0 Å². The van der Waals surface area contributed by atoms with Crippen molar-refractivity contribution in [1.29, 1.82) is 0 Å². The second-order valence-electron chi connectivity index (χ2n) is 5.03. The molecule has 0 unspecified atom stereocenters. The SMILES string of the molecule is O=C(NCCNS(=O)(=O)c1cccc([N+](=O)[O-])c1)c1cc(Cl)ccc1F. The lowest BCUT2D eigenvalue weighted by molar-refractivity contribution is -0.385. The molecular formula is C15H13ClFN3O5S. The number of amides is 1. The molecule has 11 heteroatoms. The van der Waals surface area contributed by atoms with E-state index in [9.17, 15) is 27.7 Å². The predicted octanol–water partition coefficient (Wildman–Crippen LogP) is 2.10. The standard InChI is InChI=1S/C15H13ClFN3O5S/c16-10-4-5-14(17)13(8-10)15(21)18-6-7-19-26(24,25)12-3-1-2-11(9-12)20(22)23/h1-5,8-9,19H,6-7H2,(H,18,21). The van der Waals surface area contributed by atoms with Gasteiger partial charge in [0.2, 0.25) is 10.0 Å². The monoisotopic (exact) mass is 401 g/mol. The Kier molecular flexibility index (Phi) is 6.24. The van der Waals surface area contributed by atoms with Gasteiger partial charge < -0.3 is 5.32 Å². The van der Waals surface area contributed by atoms with Crippen LogP contribution in [0.5, 0.6) is 0 Å². The van der Waals surface area contributed by atoms with Crippen LogP contribution in [0.2, 0.25) is 5.02 Å². The Morgan fingerprint density at radius 3 is 2.62 bits per heavy atom. The van der Waals surface area contributed by atoms with E-state index in [1.807, 2.05) is 0 Å². The first-order chi connectivity index (χ1) is 12.2. The minimum Gasteiger partial charge on any atom is -0.351 e. The van der Waals surface area contributed by atoms with Gasteiger partial charge in [0.25, 0.3) is 11.6 Å². The van der Waals surface area contributed by atoms with E-state index in [-0.39, 0.29) is 34.3 Å². The van der Waals surface area contributed by atoms with Crippen molar-refractivity contribution in [1.82, 2.24) is 10.0 Å². The van der Waals surface area contributed by atoms with Crippen LogP contribution in [0, 0.1) is 15.9 Å². The Balaban J connectivity index is 1.94. The molecule has 1 amide bonds. The topological polar surface area (TPSA) is 118 Å². The maximum atomic E-state index is 13.6. The molecular weight excluding hydrogens is 389 g/mol. The Labute approximate surface area is 153 Å². The highest BCUT2D eigenvalue weighted by molar-refractivity contribution is 7.89. The highest BCUT2D eigenvalue weighted by atomic mass is 35.5. The molecule has 0 radical (unpaired) electrons. The lowest BCUT2D eigenvalue weighted by atomic mass is 10.2. The van der Waals surface area contributed by atoms with Crippen molar-refractivity contribution >= 4 is 33.2 Å². The number of rotatable bonds is 7. The summed E-state index contributed by atoms with van der Waals surface area (Å²) in [5, 5.41) is 13.2. The van der Waals surface area contributed by atoms with E-state index in [1.54, 1.807) is 0 Å². The Bertz CT molecular complexity index is 952. The number of nitro groups is 1. The van der Waals surface area contributed by atoms with E-state index in [0.29, 0.717) is 0 Å². The van der Waals surface area contributed by atoms with Crippen LogP contribution in [0.1, 0.15) is 10.4 Å². The number of nitrogens with zero attached hydrogens (tertiary/aromatic N) is 1. The van der Waals surface area contributed by atoms with Gasteiger partial charge in [0.1, 0.15) is 5.82 Å². The maximum absolute atomic E-state index is 13.6. The van der Waals surface area contributed by atoms with Gasteiger partial charge >= 0.3 is 0 Å². The van der Waals surface area contributed by atoms with Crippen LogP contribution in [0.15, 0.2) is 47.4 Å². The summed E-state index contributed by atoms with van der Waals surface area (Å²) in [5.74, 6) is -1.51. The van der Waals surface area contributed by atoms with Crippen LogP contribution in [-0.4, -0.2) is 32.3 Å². The van der Waals surface area contributed by atoms with Crippen molar-refractivity contribution < 1.29 is 22.5 Å². The van der Waals surface area contributed by atoms with Crippen LogP contribution in [0.4, 0.5) is 10.1 Å². The number of nitrogens with one attached hydrogen (secondary N) is 2. The average Bonchev–Trinajstić information content (AvgIpc) is 2.60. The van der Waals surface area contributed by atoms with E-state index in [0.717, 1.165) is 18.2 Å². The lowest BCUT2D eigenvalue weighted by Crippen LogP contribution is -2.35. The molecule has 0 fully saturated rings. The summed E-state index contributed by atoms with van der Waals surface area (Å²) in [5.41, 5.74) is -0.628. The number of benzene rings is 2. The number of hydrogen-bond donors (Lipinski definition) is 2. The highest BCUT2D eigenvalue weighted by Crippen LogP contribution is 2.17. The predicted molar refractivity (Wildman–Crippen MR) is 92.0 cm³/mol. The van der Waals surface area contributed by atoms with E-state index in [4.69, 9.17) is 11.6 Å². The third kappa shape index (κ3) is 4.97. The Morgan fingerprint density at radius 1 is 1.19 bits per heavy atom. The van der Waals surface area contributed by atoms with Crippen LogP contribution < -0.4 is 10.0 Å². The summed E-state index contributed by atoms with van der Waals surface area (Å²) < 4.78 is 39.9. The lowest BCUT2D eigenvalue weighted by Gasteiger charge is -2.09. The molecule has 26 heavy (non-hydrogen) atoms. The van der Waals surface area contributed by atoms with Crippen molar-refractivity contribution in [3.63, 3.8) is 0 Å². The fourth-order valence-electron chi connectivity index (χ4n) is 1.98. The molecule has 0 aromatic heterocycles. The molecule has 0 aliphatic heterocycles. The molecule has 0 atom stereocenters. The van der Waals surface area contributed by atoms with E-state index in [2.05, 4.69) is 10.0 Å². The van der Waals surface area contributed by atoms with Gasteiger partial charge in [-0.1, -0.05) is 17.7 Å². The highest BCUT2D eigenvalue weighted by Gasteiger charge is 2.17. The maximum Gasteiger partial charge on any atom is 0.270 e. The van der Waals surface area contributed by atoms with Crippen LogP contribution in [-0.2, 0) is 10.0 Å². The summed E-state index contributed by atoms with van der Waals surface area (Å²) in [6.45, 7) is -0.322. The number of nitro benzene ring substituents is 1.